The maximum atomic E-state index is 13.6. The normalized spacial score (nSPS) is 28.3. The highest BCUT2D eigenvalue weighted by Gasteiger charge is 2.79. The van der Waals surface area contributed by atoms with Crippen molar-refractivity contribution >= 4 is 11.2 Å². The molecule has 0 radical (unpaired) electrons. The molecule has 39 heavy (non-hydrogen) atoms. The molecule has 1 saturated heterocycles. The quantitative estimate of drug-likeness (QED) is 0.448. The van der Waals surface area contributed by atoms with E-state index in [2.05, 4.69) is 15.4 Å². The highest BCUT2D eigenvalue weighted by Crippen LogP contribution is 2.78. The van der Waals surface area contributed by atoms with E-state index in [9.17, 15) is 26.7 Å². The van der Waals surface area contributed by atoms with Gasteiger partial charge in [-0.1, -0.05) is 0 Å². The van der Waals surface area contributed by atoms with Gasteiger partial charge in [-0.25, -0.2) is 33.4 Å². The Kier molecular flexibility index (Phi) is 5.94. The smallest absolute Gasteiger partial charge is 0.373 e. The van der Waals surface area contributed by atoms with E-state index in [0.717, 1.165) is 4.68 Å². The molecular formula is C26H27F5N6O2. The largest absolute Gasteiger partial charge is 0.394 e. The number of aromatic nitrogens is 5. The van der Waals surface area contributed by atoms with Crippen molar-refractivity contribution in [2.45, 2.75) is 76.0 Å². The molecule has 3 aromatic rings. The van der Waals surface area contributed by atoms with Crippen molar-refractivity contribution in [3.05, 3.63) is 57.2 Å². The molecule has 208 valence electrons. The first-order valence-corrected chi connectivity index (χ1v) is 12.9. The first-order chi connectivity index (χ1) is 18.4. The number of rotatable bonds is 6. The highest BCUT2D eigenvalue weighted by molar-refractivity contribution is 5.75. The van der Waals surface area contributed by atoms with E-state index in [-0.39, 0.29) is 25.2 Å². The van der Waals surface area contributed by atoms with Crippen LogP contribution in [-0.2, 0) is 10.2 Å². The average Bonchev–Trinajstić information content (AvgIpc) is 2.82. The minimum atomic E-state index is -4.24. The third-order valence-electron chi connectivity index (χ3n) is 8.46. The number of nitrogens with zero attached hydrogens (tertiary/aromatic N) is 5. The van der Waals surface area contributed by atoms with E-state index in [1.807, 2.05) is 6.92 Å². The van der Waals surface area contributed by atoms with Crippen molar-refractivity contribution in [2.75, 3.05) is 18.6 Å². The minimum absolute atomic E-state index is 0.00672. The number of halogens is 5. The van der Waals surface area contributed by atoms with Gasteiger partial charge in [0.25, 0.3) is 12.0 Å². The fraction of sp³-hybridized carbons (Fsp3) is 0.577. The van der Waals surface area contributed by atoms with Crippen LogP contribution in [0.25, 0.3) is 11.2 Å². The minimum Gasteiger partial charge on any atom is -0.373 e. The summed E-state index contributed by atoms with van der Waals surface area (Å²) >= 11 is 0. The zero-order valence-electron chi connectivity index (χ0n) is 21.4. The van der Waals surface area contributed by atoms with Gasteiger partial charge in [-0.3, -0.25) is 4.79 Å². The van der Waals surface area contributed by atoms with E-state index in [4.69, 9.17) is 14.7 Å². The summed E-state index contributed by atoms with van der Waals surface area (Å²) in [5.74, 6) is 0.298. The van der Waals surface area contributed by atoms with Crippen molar-refractivity contribution in [3.8, 4) is 0 Å². The van der Waals surface area contributed by atoms with E-state index in [1.54, 1.807) is 13.0 Å². The van der Waals surface area contributed by atoms with Crippen molar-refractivity contribution in [3.63, 3.8) is 0 Å². The van der Waals surface area contributed by atoms with Crippen LogP contribution in [0.4, 0.5) is 22.0 Å². The molecule has 3 aromatic heterocycles. The van der Waals surface area contributed by atoms with Crippen LogP contribution < -0.4 is 11.0 Å². The van der Waals surface area contributed by atoms with Crippen LogP contribution in [0.1, 0.15) is 72.6 Å². The van der Waals surface area contributed by atoms with E-state index < -0.39 is 41.6 Å². The van der Waals surface area contributed by atoms with E-state index in [1.165, 1.54) is 12.3 Å². The van der Waals surface area contributed by atoms with Crippen LogP contribution in [-0.4, -0.2) is 50.4 Å². The van der Waals surface area contributed by atoms with Crippen LogP contribution in [0, 0.1) is 19.3 Å². The summed E-state index contributed by atoms with van der Waals surface area (Å²) in [6.07, 6.45) is -4.88. The number of alkyl halides is 5. The van der Waals surface area contributed by atoms with Gasteiger partial charge < -0.3 is 10.2 Å². The van der Waals surface area contributed by atoms with Gasteiger partial charge in [0.1, 0.15) is 11.3 Å². The van der Waals surface area contributed by atoms with Crippen molar-refractivity contribution in [1.82, 2.24) is 24.6 Å². The Balaban J connectivity index is 1.32. The Bertz CT molecular complexity index is 1490. The maximum Gasteiger partial charge on any atom is 0.394 e. The number of hydrogen-bond acceptors (Lipinski definition) is 7. The zero-order chi connectivity index (χ0) is 27.7. The number of hydrogen-bond donors (Lipinski definition) is 1. The first kappa shape index (κ1) is 26.0. The molecule has 3 aliphatic carbocycles. The van der Waals surface area contributed by atoms with Gasteiger partial charge in [0.15, 0.2) is 5.65 Å². The third kappa shape index (κ3) is 4.25. The van der Waals surface area contributed by atoms with Crippen LogP contribution in [0.15, 0.2) is 23.1 Å². The highest BCUT2D eigenvalue weighted by atomic mass is 19.4. The molecule has 3 saturated carbocycles. The van der Waals surface area contributed by atoms with E-state index in [0.29, 0.717) is 59.1 Å². The van der Waals surface area contributed by atoms with Gasteiger partial charge in [0, 0.05) is 30.2 Å². The Morgan fingerprint density at radius 1 is 1.10 bits per heavy atom. The lowest BCUT2D eigenvalue weighted by atomic mass is 9.34. The molecule has 13 heteroatoms. The summed E-state index contributed by atoms with van der Waals surface area (Å²) in [4.78, 5) is 30.9. The zero-order valence-corrected chi connectivity index (χ0v) is 21.4. The Hall–Kier alpha value is -3.22. The summed E-state index contributed by atoms with van der Waals surface area (Å²) in [6.45, 7) is 3.29. The SMILES string of the molecule is Cc1nc2nc([C@H]3CCO[C@@H](c4ccc(=O)n(NCC(F)F)c4)C3)nc(C34CC(C(F)(F)F)(C3)C4)c2nc1C. The number of fused-ring (bicyclic) bond motifs is 1. The molecule has 8 nitrogen and oxygen atoms in total. The monoisotopic (exact) mass is 550 g/mol. The van der Waals surface area contributed by atoms with Gasteiger partial charge in [-0.2, -0.15) is 13.2 Å². The molecule has 4 heterocycles. The number of aryl methyl sites for hydroxylation is 2. The fourth-order valence-electron chi connectivity index (χ4n) is 6.27. The molecular weight excluding hydrogens is 523 g/mol. The van der Waals surface area contributed by atoms with Gasteiger partial charge in [-0.15, -0.1) is 0 Å². The lowest BCUT2D eigenvalue weighted by Crippen LogP contribution is -2.70. The third-order valence-corrected chi connectivity index (χ3v) is 8.46. The first-order valence-electron chi connectivity index (χ1n) is 12.9. The van der Waals surface area contributed by atoms with Gasteiger partial charge in [-0.05, 0) is 57.6 Å². The summed E-state index contributed by atoms with van der Waals surface area (Å²) in [5.41, 5.74) is 2.96. The number of ether oxygens (including phenoxy) is 1. The number of pyridine rings is 1. The van der Waals surface area contributed by atoms with Crippen LogP contribution in [0.5, 0.6) is 0 Å². The van der Waals surface area contributed by atoms with Crippen LogP contribution in [0.3, 0.4) is 0 Å². The molecule has 0 aromatic carbocycles. The lowest BCUT2D eigenvalue weighted by Gasteiger charge is -2.70. The van der Waals surface area contributed by atoms with E-state index >= 15 is 0 Å². The fourth-order valence-corrected chi connectivity index (χ4v) is 6.27. The van der Waals surface area contributed by atoms with Crippen LogP contribution >= 0.6 is 0 Å². The molecule has 0 amide bonds. The maximum absolute atomic E-state index is 13.6. The standard InChI is InChI=1S/C26H27F5N6O2/c1-13-14(2)34-23-20(33-13)21(24-10-25(11-24,12-24)26(29,30)31)35-22(36-23)15-5-6-39-17(7-15)16-3-4-19(38)37(9-16)32-8-18(27)28/h3-4,9,15,17-18,32H,5-8,10-12H2,1-2H3/t15-,17+,24?,25?/m0/s1. The van der Waals surface area contributed by atoms with Crippen molar-refractivity contribution in [1.29, 1.82) is 0 Å². The van der Waals surface area contributed by atoms with Crippen LogP contribution in [0.2, 0.25) is 0 Å². The molecule has 1 N–H and O–H groups in total. The van der Waals surface area contributed by atoms with Crippen molar-refractivity contribution < 1.29 is 26.7 Å². The van der Waals surface area contributed by atoms with Gasteiger partial charge in [0.05, 0.1) is 35.1 Å². The second-order valence-corrected chi connectivity index (χ2v) is 11.1. The molecule has 4 aliphatic rings. The molecule has 0 spiro atoms. The lowest BCUT2D eigenvalue weighted by molar-refractivity contribution is -0.337. The average molecular weight is 551 g/mol. The Morgan fingerprint density at radius 2 is 1.82 bits per heavy atom. The van der Waals surface area contributed by atoms with Crippen molar-refractivity contribution in [2.24, 2.45) is 5.41 Å². The molecule has 2 atom stereocenters. The predicted octanol–water partition coefficient (Wildman–Crippen LogP) is 4.63. The van der Waals surface area contributed by atoms with Gasteiger partial charge >= 0.3 is 6.18 Å². The second kappa shape index (κ2) is 8.90. The topological polar surface area (TPSA) is 94.8 Å². The Morgan fingerprint density at radius 3 is 2.51 bits per heavy atom. The van der Waals surface area contributed by atoms with Gasteiger partial charge in [0.2, 0.25) is 0 Å². The molecule has 0 unspecified atom stereocenters. The molecule has 2 bridgehead atoms. The summed E-state index contributed by atoms with van der Waals surface area (Å²) in [6, 6.07) is 2.88. The summed E-state index contributed by atoms with van der Waals surface area (Å²) in [5, 5.41) is 0. The second-order valence-electron chi connectivity index (χ2n) is 11.1. The molecule has 4 fully saturated rings. The Labute approximate surface area is 220 Å². The molecule has 1 aliphatic heterocycles. The summed E-state index contributed by atoms with van der Waals surface area (Å²) in [7, 11) is 0. The number of nitrogens with one attached hydrogen (secondary N) is 1. The summed E-state index contributed by atoms with van der Waals surface area (Å²) < 4.78 is 73.1. The molecule has 7 rings (SSSR count). The predicted molar refractivity (Wildman–Crippen MR) is 130 cm³/mol.